The number of hydrogen-bond acceptors (Lipinski definition) is 3. The third-order valence-electron chi connectivity index (χ3n) is 6.68. The Bertz CT molecular complexity index is 678. The Kier molecular flexibility index (Phi) is 5.22. The normalized spacial score (nSPS) is 23.5. The van der Waals surface area contributed by atoms with Crippen LogP contribution in [-0.4, -0.2) is 53.8 Å². The molecule has 3 fully saturated rings. The fourth-order valence-electron chi connectivity index (χ4n) is 4.68. The summed E-state index contributed by atoms with van der Waals surface area (Å²) in [6.45, 7) is 3.38. The number of nitrogens with two attached hydrogens (primary N) is 1. The number of amides is 2. The molecule has 1 aromatic rings. The Balaban J connectivity index is 1.31. The summed E-state index contributed by atoms with van der Waals surface area (Å²) in [6.07, 6.45) is 6.78. The van der Waals surface area contributed by atoms with E-state index in [-0.39, 0.29) is 11.3 Å². The van der Waals surface area contributed by atoms with E-state index in [1.165, 1.54) is 12.8 Å². The fraction of sp³-hybridized carbons (Fsp3) is 0.636. The lowest BCUT2D eigenvalue weighted by Crippen LogP contribution is -2.55. The molecule has 1 aliphatic carbocycles. The van der Waals surface area contributed by atoms with Crippen molar-refractivity contribution in [1.82, 2.24) is 9.80 Å². The maximum absolute atomic E-state index is 12.8. The number of benzene rings is 1. The van der Waals surface area contributed by atoms with Gasteiger partial charge in [-0.25, -0.2) is 0 Å². The molecule has 5 heteroatoms. The van der Waals surface area contributed by atoms with Crippen LogP contribution >= 0.6 is 0 Å². The topological polar surface area (TPSA) is 66.6 Å². The highest BCUT2D eigenvalue weighted by atomic mass is 16.2. The lowest BCUT2D eigenvalue weighted by molar-refractivity contribution is -0.143. The first-order chi connectivity index (χ1) is 13.0. The zero-order valence-corrected chi connectivity index (χ0v) is 16.1. The van der Waals surface area contributed by atoms with Gasteiger partial charge < -0.3 is 15.5 Å². The molecule has 3 aliphatic rings. The number of hydrogen-bond donors (Lipinski definition) is 1. The average molecular weight is 370 g/mol. The van der Waals surface area contributed by atoms with Gasteiger partial charge in [0, 0.05) is 32.6 Å². The summed E-state index contributed by atoms with van der Waals surface area (Å²) in [6, 6.07) is 9.50. The summed E-state index contributed by atoms with van der Waals surface area (Å²) >= 11 is 0. The van der Waals surface area contributed by atoms with Gasteiger partial charge in [0.25, 0.3) is 0 Å². The number of carbonyl (C=O) groups excluding carboxylic acids is 2. The van der Waals surface area contributed by atoms with Gasteiger partial charge in [0.15, 0.2) is 0 Å². The molecule has 2 amide bonds. The number of carbonyl (C=O) groups is 2. The molecule has 2 aliphatic heterocycles. The number of nitrogens with zero attached hydrogens (tertiary/aromatic N) is 2. The maximum atomic E-state index is 12.8. The first kappa shape index (κ1) is 18.5. The van der Waals surface area contributed by atoms with Crippen LogP contribution in [0.3, 0.4) is 0 Å². The predicted molar refractivity (Wildman–Crippen MR) is 105 cm³/mol. The van der Waals surface area contributed by atoms with Crippen LogP contribution in [0.15, 0.2) is 30.3 Å². The van der Waals surface area contributed by atoms with Crippen LogP contribution in [0.2, 0.25) is 0 Å². The minimum atomic E-state index is -0.472. The third-order valence-corrected chi connectivity index (χ3v) is 6.68. The van der Waals surface area contributed by atoms with Gasteiger partial charge >= 0.3 is 0 Å². The van der Waals surface area contributed by atoms with Crippen LogP contribution in [0.1, 0.15) is 44.1 Å². The van der Waals surface area contributed by atoms with E-state index in [0.717, 1.165) is 56.9 Å². The summed E-state index contributed by atoms with van der Waals surface area (Å²) in [4.78, 5) is 29.1. The van der Waals surface area contributed by atoms with E-state index in [1.54, 1.807) is 0 Å². The van der Waals surface area contributed by atoms with Crippen molar-refractivity contribution in [3.05, 3.63) is 35.9 Å². The molecule has 146 valence electrons. The molecular weight excluding hydrogens is 338 g/mol. The van der Waals surface area contributed by atoms with E-state index < -0.39 is 6.04 Å². The minimum Gasteiger partial charge on any atom is -0.342 e. The van der Waals surface area contributed by atoms with Gasteiger partial charge in [0.2, 0.25) is 11.8 Å². The van der Waals surface area contributed by atoms with Crippen LogP contribution < -0.4 is 5.73 Å². The lowest BCUT2D eigenvalue weighted by Gasteiger charge is -2.47. The monoisotopic (exact) mass is 369 g/mol. The predicted octanol–water partition coefficient (Wildman–Crippen LogP) is 2.20. The summed E-state index contributed by atoms with van der Waals surface area (Å²) in [7, 11) is 0. The highest BCUT2D eigenvalue weighted by Crippen LogP contribution is 2.41. The van der Waals surface area contributed by atoms with Crippen LogP contribution in [-0.2, 0) is 16.0 Å². The maximum Gasteiger partial charge on any atom is 0.239 e. The molecule has 5 nitrogen and oxygen atoms in total. The fourth-order valence-corrected chi connectivity index (χ4v) is 4.68. The van der Waals surface area contributed by atoms with Gasteiger partial charge in [0.05, 0.1) is 6.04 Å². The van der Waals surface area contributed by atoms with Crippen LogP contribution in [0, 0.1) is 11.3 Å². The molecule has 4 rings (SSSR count). The number of likely N-dealkylation sites (tertiary alicyclic amines) is 2. The van der Waals surface area contributed by atoms with Crippen molar-refractivity contribution in [2.24, 2.45) is 17.1 Å². The molecule has 1 saturated carbocycles. The largest absolute Gasteiger partial charge is 0.342 e. The highest BCUT2D eigenvalue weighted by Gasteiger charge is 2.43. The molecule has 27 heavy (non-hydrogen) atoms. The SMILES string of the molecule is NC(Cc1ccccc1)C(=O)N1CCC2(CCC(=O)N(CC3CC3)C2)CC1. The molecule has 1 unspecified atom stereocenters. The molecule has 2 N–H and O–H groups in total. The second kappa shape index (κ2) is 7.63. The van der Waals surface area contributed by atoms with Gasteiger partial charge in [-0.3, -0.25) is 9.59 Å². The van der Waals surface area contributed by atoms with E-state index in [9.17, 15) is 9.59 Å². The molecule has 0 aromatic heterocycles. The molecule has 0 radical (unpaired) electrons. The van der Waals surface area contributed by atoms with Gasteiger partial charge in [-0.1, -0.05) is 30.3 Å². The third kappa shape index (κ3) is 4.34. The second-order valence-corrected chi connectivity index (χ2v) is 8.84. The van der Waals surface area contributed by atoms with Crippen molar-refractivity contribution < 1.29 is 9.59 Å². The summed E-state index contributed by atoms with van der Waals surface area (Å²) in [5.74, 6) is 1.13. The first-order valence-corrected chi connectivity index (χ1v) is 10.4. The van der Waals surface area contributed by atoms with E-state index in [1.807, 2.05) is 35.2 Å². The molecule has 2 saturated heterocycles. The Morgan fingerprint density at radius 1 is 1.15 bits per heavy atom. The smallest absolute Gasteiger partial charge is 0.239 e. The van der Waals surface area contributed by atoms with Gasteiger partial charge in [0.1, 0.15) is 0 Å². The van der Waals surface area contributed by atoms with Crippen LogP contribution in [0.4, 0.5) is 0 Å². The summed E-state index contributed by atoms with van der Waals surface area (Å²) < 4.78 is 0. The minimum absolute atomic E-state index is 0.0652. The molecule has 2 heterocycles. The zero-order valence-electron chi connectivity index (χ0n) is 16.1. The highest BCUT2D eigenvalue weighted by molar-refractivity contribution is 5.82. The van der Waals surface area contributed by atoms with Crippen LogP contribution in [0.5, 0.6) is 0 Å². The lowest BCUT2D eigenvalue weighted by atomic mass is 9.72. The van der Waals surface area contributed by atoms with Crippen molar-refractivity contribution >= 4 is 11.8 Å². The van der Waals surface area contributed by atoms with Gasteiger partial charge in [-0.05, 0) is 55.4 Å². The molecule has 1 spiro atoms. The van der Waals surface area contributed by atoms with Gasteiger partial charge in [-0.15, -0.1) is 0 Å². The number of rotatable bonds is 5. The van der Waals surface area contributed by atoms with Crippen LogP contribution in [0.25, 0.3) is 0 Å². The van der Waals surface area contributed by atoms with E-state index in [0.29, 0.717) is 18.7 Å². The molecule has 1 atom stereocenters. The van der Waals surface area contributed by atoms with Crippen molar-refractivity contribution in [1.29, 1.82) is 0 Å². The summed E-state index contributed by atoms with van der Waals surface area (Å²) in [5.41, 5.74) is 7.52. The van der Waals surface area contributed by atoms with Crippen molar-refractivity contribution in [3.8, 4) is 0 Å². The van der Waals surface area contributed by atoms with E-state index in [4.69, 9.17) is 5.73 Å². The Hall–Kier alpha value is -1.88. The standard InChI is InChI=1S/C22H31N3O2/c23-19(14-17-4-2-1-3-5-17)21(27)24-12-10-22(11-13-24)9-8-20(26)25(16-22)15-18-6-7-18/h1-5,18-19H,6-16,23H2. The van der Waals surface area contributed by atoms with Crippen molar-refractivity contribution in [2.45, 2.75) is 51.0 Å². The Labute approximate surface area is 161 Å². The van der Waals surface area contributed by atoms with Gasteiger partial charge in [-0.2, -0.15) is 0 Å². The quantitative estimate of drug-likeness (QED) is 0.865. The summed E-state index contributed by atoms with van der Waals surface area (Å²) in [5, 5.41) is 0. The van der Waals surface area contributed by atoms with Crippen molar-refractivity contribution in [3.63, 3.8) is 0 Å². The van der Waals surface area contributed by atoms with Crippen molar-refractivity contribution in [2.75, 3.05) is 26.2 Å². The molecular formula is C22H31N3O2. The Morgan fingerprint density at radius 3 is 2.52 bits per heavy atom. The molecule has 0 bridgehead atoms. The number of piperidine rings is 2. The zero-order chi connectivity index (χ0) is 18.9. The van der Waals surface area contributed by atoms with E-state index in [2.05, 4.69) is 4.90 Å². The second-order valence-electron chi connectivity index (χ2n) is 8.84. The first-order valence-electron chi connectivity index (χ1n) is 10.4. The average Bonchev–Trinajstić information content (AvgIpc) is 3.50. The molecule has 1 aromatic carbocycles. The van der Waals surface area contributed by atoms with E-state index >= 15 is 0 Å². The Morgan fingerprint density at radius 2 is 1.85 bits per heavy atom.